The molecule has 0 aromatic rings. The van der Waals surface area contributed by atoms with Gasteiger partial charge in [-0.25, -0.2) is 0 Å². The number of aliphatic hydroxyl groups excluding tert-OH is 4. The first-order valence-corrected chi connectivity index (χ1v) is 23.2. The van der Waals surface area contributed by atoms with Gasteiger partial charge in [0.05, 0.1) is 13.2 Å². The Bertz CT molecular complexity index is 1090. The van der Waals surface area contributed by atoms with Crippen molar-refractivity contribution in [2.45, 2.75) is 224 Å². The fourth-order valence-electron chi connectivity index (χ4n) is 6.77. The second-order valence-electron chi connectivity index (χ2n) is 15.9. The van der Waals surface area contributed by atoms with Crippen LogP contribution in [0.4, 0.5) is 0 Å². The maximum Gasteiger partial charge on any atom is 0.306 e. The molecule has 0 spiro atoms. The van der Waals surface area contributed by atoms with Gasteiger partial charge in [0.15, 0.2) is 12.4 Å². The number of unbranched alkanes of at least 4 members (excludes halogenated alkanes) is 19. The van der Waals surface area contributed by atoms with Crippen LogP contribution in [0.25, 0.3) is 0 Å². The Kier molecular flexibility index (Phi) is 35.9. The number of carbonyl (C=O) groups is 2. The molecule has 0 aromatic heterocycles. The molecule has 1 saturated heterocycles. The Balaban J connectivity index is 2.36. The highest BCUT2D eigenvalue weighted by Crippen LogP contribution is 2.22. The van der Waals surface area contributed by atoms with E-state index in [0.717, 1.165) is 44.9 Å². The monoisotopic (exact) mass is 821 g/mol. The molecule has 0 aromatic carbocycles. The molecule has 6 atom stereocenters. The van der Waals surface area contributed by atoms with Gasteiger partial charge >= 0.3 is 11.9 Å². The summed E-state index contributed by atoms with van der Waals surface area (Å²) in [5, 5.41) is 40.1. The third-order valence-electron chi connectivity index (χ3n) is 10.5. The van der Waals surface area contributed by atoms with Crippen molar-refractivity contribution in [3.05, 3.63) is 48.6 Å². The van der Waals surface area contributed by atoms with Crippen molar-refractivity contribution in [1.29, 1.82) is 0 Å². The Morgan fingerprint density at radius 2 is 0.983 bits per heavy atom. The van der Waals surface area contributed by atoms with E-state index >= 15 is 0 Å². The van der Waals surface area contributed by atoms with E-state index in [1.165, 1.54) is 103 Å². The lowest BCUT2D eigenvalue weighted by Crippen LogP contribution is -2.59. The predicted octanol–water partition coefficient (Wildman–Crippen LogP) is 10.1. The van der Waals surface area contributed by atoms with E-state index in [0.29, 0.717) is 12.8 Å². The molecule has 10 nitrogen and oxygen atoms in total. The van der Waals surface area contributed by atoms with E-state index in [1.807, 2.05) is 6.08 Å². The molecular formula is C48H84O10. The summed E-state index contributed by atoms with van der Waals surface area (Å²) in [5.74, 6) is -0.869. The normalized spacial score (nSPS) is 20.6. The fourth-order valence-corrected chi connectivity index (χ4v) is 6.77. The van der Waals surface area contributed by atoms with Crippen molar-refractivity contribution in [1.82, 2.24) is 0 Å². The summed E-state index contributed by atoms with van der Waals surface area (Å²) in [6, 6.07) is 0. The number of rotatable bonds is 38. The number of hydrogen-bond acceptors (Lipinski definition) is 10. The zero-order valence-electron chi connectivity index (χ0n) is 36.5. The highest BCUT2D eigenvalue weighted by atomic mass is 16.7. The SMILES string of the molecule is CCCCC/C=C/C/C=C/C/C=C/C/C=C/CCCC(=O)O[C@@H](COC(=O)CCCCCCCCCCCCCCCCCC)CO[C@H]1O[C@@H](CO)[C@@H](O)C(O)C1O. The zero-order valence-corrected chi connectivity index (χ0v) is 36.5. The van der Waals surface area contributed by atoms with Gasteiger partial charge in [0, 0.05) is 12.8 Å². The van der Waals surface area contributed by atoms with E-state index in [1.54, 1.807) is 0 Å². The first-order chi connectivity index (χ1) is 28.3. The van der Waals surface area contributed by atoms with E-state index in [2.05, 4.69) is 56.4 Å². The second-order valence-corrected chi connectivity index (χ2v) is 15.9. The molecule has 1 heterocycles. The van der Waals surface area contributed by atoms with E-state index in [9.17, 15) is 30.0 Å². The minimum atomic E-state index is -1.60. The van der Waals surface area contributed by atoms with Gasteiger partial charge in [-0.1, -0.05) is 172 Å². The number of ether oxygens (including phenoxy) is 4. The van der Waals surface area contributed by atoms with E-state index in [-0.39, 0.29) is 32.0 Å². The molecule has 0 aliphatic carbocycles. The molecule has 1 rings (SSSR count). The van der Waals surface area contributed by atoms with Gasteiger partial charge in [0.1, 0.15) is 31.0 Å². The molecule has 2 unspecified atom stereocenters. The fraction of sp³-hybridized carbons (Fsp3) is 0.792. The highest BCUT2D eigenvalue weighted by Gasteiger charge is 2.44. The van der Waals surface area contributed by atoms with Crippen LogP contribution in [0.3, 0.4) is 0 Å². The van der Waals surface area contributed by atoms with Crippen molar-refractivity contribution in [2.24, 2.45) is 0 Å². The molecule has 0 bridgehead atoms. The van der Waals surface area contributed by atoms with Crippen LogP contribution in [0.15, 0.2) is 48.6 Å². The lowest BCUT2D eigenvalue weighted by Gasteiger charge is -2.39. The van der Waals surface area contributed by atoms with Crippen LogP contribution in [-0.2, 0) is 28.5 Å². The van der Waals surface area contributed by atoms with Crippen molar-refractivity contribution in [3.63, 3.8) is 0 Å². The van der Waals surface area contributed by atoms with Crippen molar-refractivity contribution in [3.8, 4) is 0 Å². The number of aliphatic hydroxyl groups is 4. The topological polar surface area (TPSA) is 152 Å². The van der Waals surface area contributed by atoms with Gasteiger partial charge in [-0.15, -0.1) is 0 Å². The summed E-state index contributed by atoms with van der Waals surface area (Å²) in [6.07, 6.45) is 38.3. The van der Waals surface area contributed by atoms with Crippen LogP contribution in [0.1, 0.15) is 187 Å². The summed E-state index contributed by atoms with van der Waals surface area (Å²) in [7, 11) is 0. The van der Waals surface area contributed by atoms with Crippen molar-refractivity contribution >= 4 is 11.9 Å². The largest absolute Gasteiger partial charge is 0.462 e. The van der Waals surface area contributed by atoms with Crippen LogP contribution >= 0.6 is 0 Å². The molecule has 336 valence electrons. The number of allylic oxidation sites excluding steroid dienone is 8. The van der Waals surface area contributed by atoms with Gasteiger partial charge in [0.25, 0.3) is 0 Å². The van der Waals surface area contributed by atoms with Crippen molar-refractivity contribution < 1.29 is 49.0 Å². The number of esters is 2. The minimum absolute atomic E-state index is 0.154. The average molecular weight is 821 g/mol. The van der Waals surface area contributed by atoms with E-state index < -0.39 is 49.4 Å². The van der Waals surface area contributed by atoms with Gasteiger partial charge in [0.2, 0.25) is 0 Å². The maximum atomic E-state index is 12.8. The molecule has 0 radical (unpaired) electrons. The molecule has 1 aliphatic rings. The average Bonchev–Trinajstić information content (AvgIpc) is 3.22. The van der Waals surface area contributed by atoms with Crippen LogP contribution in [0.2, 0.25) is 0 Å². The summed E-state index contributed by atoms with van der Waals surface area (Å²) in [4.78, 5) is 25.3. The van der Waals surface area contributed by atoms with Crippen LogP contribution in [-0.4, -0.2) is 89.0 Å². The highest BCUT2D eigenvalue weighted by molar-refractivity contribution is 5.70. The van der Waals surface area contributed by atoms with Gasteiger partial charge in [-0.2, -0.15) is 0 Å². The first-order valence-electron chi connectivity index (χ1n) is 23.2. The molecule has 58 heavy (non-hydrogen) atoms. The first kappa shape index (κ1) is 53.7. The number of hydrogen-bond donors (Lipinski definition) is 4. The zero-order chi connectivity index (χ0) is 42.3. The molecular weight excluding hydrogens is 737 g/mol. The molecule has 0 amide bonds. The van der Waals surface area contributed by atoms with Crippen LogP contribution in [0.5, 0.6) is 0 Å². The predicted molar refractivity (Wildman–Crippen MR) is 233 cm³/mol. The van der Waals surface area contributed by atoms with E-state index in [4.69, 9.17) is 18.9 Å². The molecule has 0 saturated carbocycles. The van der Waals surface area contributed by atoms with Gasteiger partial charge in [-0.05, 0) is 51.4 Å². The Morgan fingerprint density at radius 1 is 0.534 bits per heavy atom. The third-order valence-corrected chi connectivity index (χ3v) is 10.5. The molecule has 10 heteroatoms. The summed E-state index contributed by atoms with van der Waals surface area (Å²) in [5.41, 5.74) is 0. The molecule has 4 N–H and O–H groups in total. The summed E-state index contributed by atoms with van der Waals surface area (Å²) >= 11 is 0. The quantitative estimate of drug-likeness (QED) is 0.0269. The molecule has 1 fully saturated rings. The summed E-state index contributed by atoms with van der Waals surface area (Å²) in [6.45, 7) is 3.35. The standard InChI is InChI=1S/C48H84O10/c1-3-5-7-9-11-13-15-17-19-21-23-25-27-29-31-33-35-37-44(51)57-41(40-56-48-47(54)46(53)45(52)42(38-49)58-48)39-55-43(50)36-34-32-30-28-26-24-22-20-18-16-14-12-10-8-6-4-2/h11,13,17,19,23,25,29,31,41-42,45-49,52-54H,3-10,12,14-16,18,20-22,24,26-28,30,32-40H2,1-2H3/b13-11+,19-17+,25-23+,31-29+/t41-,42-,45+,46?,47?,48-/m0/s1. The van der Waals surface area contributed by atoms with Gasteiger partial charge < -0.3 is 39.4 Å². The third kappa shape index (κ3) is 29.8. The number of carbonyl (C=O) groups excluding carboxylic acids is 2. The lowest BCUT2D eigenvalue weighted by atomic mass is 9.99. The Morgan fingerprint density at radius 3 is 1.50 bits per heavy atom. The Hall–Kier alpha value is -2.34. The van der Waals surface area contributed by atoms with Crippen LogP contribution < -0.4 is 0 Å². The van der Waals surface area contributed by atoms with Gasteiger partial charge in [-0.3, -0.25) is 9.59 Å². The van der Waals surface area contributed by atoms with Crippen molar-refractivity contribution in [2.75, 3.05) is 19.8 Å². The summed E-state index contributed by atoms with van der Waals surface area (Å²) < 4.78 is 22.1. The Labute approximate surface area is 352 Å². The second kappa shape index (κ2) is 38.8. The van der Waals surface area contributed by atoms with Crippen LogP contribution in [0, 0.1) is 0 Å². The lowest BCUT2D eigenvalue weighted by molar-refractivity contribution is -0.305. The molecule has 1 aliphatic heterocycles. The smallest absolute Gasteiger partial charge is 0.306 e. The minimum Gasteiger partial charge on any atom is -0.462 e. The maximum absolute atomic E-state index is 12.8.